The van der Waals surface area contributed by atoms with Crippen molar-refractivity contribution in [2.24, 2.45) is 0 Å². The quantitative estimate of drug-likeness (QED) is 0.654. The number of rotatable bonds is 6. The van der Waals surface area contributed by atoms with E-state index in [1.807, 2.05) is 33.8 Å². The van der Waals surface area contributed by atoms with E-state index in [4.69, 9.17) is 0 Å². The van der Waals surface area contributed by atoms with E-state index >= 15 is 0 Å². The molecule has 2 aromatic carbocycles. The fourth-order valence-corrected chi connectivity index (χ4v) is 4.43. The van der Waals surface area contributed by atoms with Crippen LogP contribution in [0.1, 0.15) is 22.3 Å². The number of hydrogen-bond acceptors (Lipinski definition) is 3. The van der Waals surface area contributed by atoms with Crippen LogP contribution in [0.3, 0.4) is 0 Å². The van der Waals surface area contributed by atoms with Gasteiger partial charge in [-0.05, 0) is 74.2 Å². The summed E-state index contributed by atoms with van der Waals surface area (Å²) in [5.74, 6) is 0. The number of hydrogen-bond donors (Lipinski definition) is 3. The Hall–Kier alpha value is -2.80. The van der Waals surface area contributed by atoms with Gasteiger partial charge in [0.15, 0.2) is 0 Å². The van der Waals surface area contributed by atoms with Gasteiger partial charge in [-0.1, -0.05) is 12.1 Å². The molecule has 144 valence electrons. The van der Waals surface area contributed by atoms with Gasteiger partial charge < -0.3 is 10.6 Å². The lowest BCUT2D eigenvalue weighted by atomic mass is 10.0. The molecule has 0 unspecified atom stereocenters. The van der Waals surface area contributed by atoms with E-state index < -0.39 is 10.0 Å². The van der Waals surface area contributed by atoms with Crippen LogP contribution in [0.4, 0.5) is 16.2 Å². The number of aryl methyl sites for hydroxylation is 2. The number of carbonyl (C=O) groups excluding carboxylic acids is 1. The van der Waals surface area contributed by atoms with Crippen LogP contribution in [0.25, 0.3) is 0 Å². The van der Waals surface area contributed by atoms with Gasteiger partial charge in [-0.3, -0.25) is 4.72 Å². The lowest BCUT2D eigenvalue weighted by Gasteiger charge is -2.17. The number of sulfonamides is 1. The third kappa shape index (κ3) is 4.89. The molecule has 27 heavy (non-hydrogen) atoms. The van der Waals surface area contributed by atoms with Gasteiger partial charge in [-0.25, -0.2) is 13.2 Å². The van der Waals surface area contributed by atoms with Crippen LogP contribution in [0.15, 0.2) is 47.9 Å². The predicted molar refractivity (Wildman–Crippen MR) is 110 cm³/mol. The van der Waals surface area contributed by atoms with Gasteiger partial charge in [0.25, 0.3) is 10.0 Å². The summed E-state index contributed by atoms with van der Waals surface area (Å²) >= 11 is 0. The van der Waals surface area contributed by atoms with Crippen molar-refractivity contribution in [3.05, 3.63) is 65.2 Å². The first-order valence-corrected chi connectivity index (χ1v) is 10.00. The summed E-state index contributed by atoms with van der Waals surface area (Å²) in [5, 5.41) is 5.26. The van der Waals surface area contributed by atoms with Crippen molar-refractivity contribution in [2.45, 2.75) is 32.6 Å². The molecule has 0 saturated heterocycles. The summed E-state index contributed by atoms with van der Waals surface area (Å²) in [6, 6.07) is 8.10. The molecule has 2 amide bonds. The smallest absolute Gasteiger partial charge is 0.319 e. The summed E-state index contributed by atoms with van der Waals surface area (Å²) < 4.78 is 28.5. The highest BCUT2D eigenvalue weighted by atomic mass is 32.2. The van der Waals surface area contributed by atoms with Crippen molar-refractivity contribution in [3.8, 4) is 0 Å². The molecule has 0 atom stereocenters. The summed E-state index contributed by atoms with van der Waals surface area (Å²) in [6.45, 7) is 11.3. The van der Waals surface area contributed by atoms with Crippen LogP contribution in [-0.4, -0.2) is 21.0 Å². The fraction of sp³-hybridized carbons (Fsp3) is 0.250. The molecule has 0 spiro atoms. The summed E-state index contributed by atoms with van der Waals surface area (Å²) in [5.41, 5.74) is 4.32. The molecule has 0 fully saturated rings. The molecule has 0 bridgehead atoms. The second-order valence-electron chi connectivity index (χ2n) is 6.40. The molecule has 6 nitrogen and oxygen atoms in total. The number of urea groups is 1. The molecule has 2 aromatic rings. The molecule has 0 aliphatic heterocycles. The van der Waals surface area contributed by atoms with Gasteiger partial charge >= 0.3 is 6.03 Å². The van der Waals surface area contributed by atoms with Gasteiger partial charge in [0.05, 0.1) is 4.90 Å². The molecule has 7 heteroatoms. The third-order valence-corrected chi connectivity index (χ3v) is 6.02. The van der Waals surface area contributed by atoms with Crippen LogP contribution in [0.5, 0.6) is 0 Å². The second-order valence-corrected chi connectivity index (χ2v) is 8.02. The summed E-state index contributed by atoms with van der Waals surface area (Å²) in [7, 11) is -3.73. The first-order chi connectivity index (χ1) is 12.7. The minimum Gasteiger partial charge on any atom is -0.334 e. The largest absolute Gasteiger partial charge is 0.334 e. The molecule has 0 aliphatic carbocycles. The molecular formula is C20H25N3O3S. The molecular weight excluding hydrogens is 362 g/mol. The topological polar surface area (TPSA) is 87.3 Å². The summed E-state index contributed by atoms with van der Waals surface area (Å²) in [6.07, 6.45) is 1.58. The Morgan fingerprint density at radius 2 is 1.52 bits per heavy atom. The van der Waals surface area contributed by atoms with Crippen LogP contribution in [0.2, 0.25) is 0 Å². The zero-order chi connectivity index (χ0) is 20.2. The Bertz CT molecular complexity index is 939. The van der Waals surface area contributed by atoms with Crippen molar-refractivity contribution in [1.29, 1.82) is 0 Å². The maximum absolute atomic E-state index is 12.9. The van der Waals surface area contributed by atoms with E-state index in [9.17, 15) is 13.2 Å². The number of benzene rings is 2. The Morgan fingerprint density at radius 3 is 2.04 bits per heavy atom. The zero-order valence-corrected chi connectivity index (χ0v) is 16.8. The maximum Gasteiger partial charge on any atom is 0.319 e. The van der Waals surface area contributed by atoms with Gasteiger partial charge in [0.2, 0.25) is 0 Å². The van der Waals surface area contributed by atoms with Crippen LogP contribution < -0.4 is 15.4 Å². The van der Waals surface area contributed by atoms with Crippen molar-refractivity contribution in [2.75, 3.05) is 16.6 Å². The van der Waals surface area contributed by atoms with E-state index in [1.54, 1.807) is 30.3 Å². The third-order valence-electron chi connectivity index (χ3n) is 4.37. The number of anilines is 2. The highest BCUT2D eigenvalue weighted by Crippen LogP contribution is 2.28. The van der Waals surface area contributed by atoms with E-state index in [0.717, 1.165) is 22.3 Å². The highest BCUT2D eigenvalue weighted by molar-refractivity contribution is 7.92. The minimum absolute atomic E-state index is 0.311. The normalized spacial score (nSPS) is 11.0. The lowest BCUT2D eigenvalue weighted by Crippen LogP contribution is -2.28. The van der Waals surface area contributed by atoms with Gasteiger partial charge in [-0.2, -0.15) is 0 Å². The van der Waals surface area contributed by atoms with E-state index in [2.05, 4.69) is 21.9 Å². The van der Waals surface area contributed by atoms with Gasteiger partial charge in [-0.15, -0.1) is 6.58 Å². The fourth-order valence-electron chi connectivity index (χ4n) is 2.75. The predicted octanol–water partition coefficient (Wildman–Crippen LogP) is 4.03. The zero-order valence-electron chi connectivity index (χ0n) is 16.0. The molecule has 0 heterocycles. The highest BCUT2D eigenvalue weighted by Gasteiger charge is 2.22. The molecule has 2 rings (SSSR count). The van der Waals surface area contributed by atoms with Crippen molar-refractivity contribution in [1.82, 2.24) is 5.32 Å². The van der Waals surface area contributed by atoms with E-state index in [1.165, 1.54) is 0 Å². The molecule has 0 saturated carbocycles. The Kier molecular flexibility index (Phi) is 6.28. The van der Waals surface area contributed by atoms with Gasteiger partial charge in [0, 0.05) is 17.9 Å². The van der Waals surface area contributed by atoms with Crippen LogP contribution >= 0.6 is 0 Å². The Morgan fingerprint density at radius 1 is 1.00 bits per heavy atom. The van der Waals surface area contributed by atoms with Crippen LogP contribution in [-0.2, 0) is 10.0 Å². The van der Waals surface area contributed by atoms with E-state index in [0.29, 0.717) is 22.8 Å². The van der Waals surface area contributed by atoms with Crippen molar-refractivity contribution in [3.63, 3.8) is 0 Å². The maximum atomic E-state index is 12.9. The first kappa shape index (κ1) is 20.5. The lowest BCUT2D eigenvalue weighted by molar-refractivity contribution is 0.253. The number of carbonyl (C=O) groups is 1. The first-order valence-electron chi connectivity index (χ1n) is 8.51. The molecule has 0 radical (unpaired) electrons. The van der Waals surface area contributed by atoms with E-state index in [-0.39, 0.29) is 6.03 Å². The van der Waals surface area contributed by atoms with Crippen molar-refractivity contribution < 1.29 is 13.2 Å². The Labute approximate surface area is 160 Å². The molecule has 3 N–H and O–H groups in total. The molecule has 0 aromatic heterocycles. The minimum atomic E-state index is -3.73. The molecule has 0 aliphatic rings. The van der Waals surface area contributed by atoms with Gasteiger partial charge in [0.1, 0.15) is 0 Å². The summed E-state index contributed by atoms with van der Waals surface area (Å²) in [4.78, 5) is 11.9. The number of nitrogens with one attached hydrogen (secondary N) is 3. The SMILES string of the molecule is C=CCNC(=O)Nc1ccc(NS(=O)(=O)c2c(C)c(C)cc(C)c2C)cc1. The monoisotopic (exact) mass is 387 g/mol. The average Bonchev–Trinajstić information content (AvgIpc) is 2.59. The number of amides is 2. The average molecular weight is 388 g/mol. The Balaban J connectivity index is 2.22. The van der Waals surface area contributed by atoms with Crippen molar-refractivity contribution >= 4 is 27.4 Å². The second kappa shape index (κ2) is 8.26. The van der Waals surface area contributed by atoms with Crippen LogP contribution in [0, 0.1) is 27.7 Å². The standard InChI is InChI=1S/C20H25N3O3S/c1-6-11-21-20(24)22-17-7-9-18(10-8-17)23-27(25,26)19-15(4)13(2)12-14(3)16(19)5/h6-10,12,23H,1,11H2,2-5H3,(H2,21,22,24).